The highest BCUT2D eigenvalue weighted by atomic mass is 16.4. The van der Waals surface area contributed by atoms with Crippen LogP contribution >= 0.6 is 0 Å². The lowest BCUT2D eigenvalue weighted by Crippen LogP contribution is -2.00. The van der Waals surface area contributed by atoms with Gasteiger partial charge in [0.25, 0.3) is 0 Å². The molecule has 57 heavy (non-hydrogen) atoms. The van der Waals surface area contributed by atoms with Crippen molar-refractivity contribution in [3.63, 3.8) is 0 Å². The lowest BCUT2D eigenvalue weighted by atomic mass is 9.99. The largest absolute Gasteiger partial charge is 0.452 e. The van der Waals surface area contributed by atoms with Crippen molar-refractivity contribution in [3.8, 4) is 51.0 Å². The Kier molecular flexibility index (Phi) is 6.83. The monoisotopic (exact) mass is 730 g/mol. The molecule has 0 aliphatic heterocycles. The molecular weight excluding hydrogens is 701 g/mol. The molecule has 0 saturated carbocycles. The van der Waals surface area contributed by atoms with Crippen LogP contribution in [0.5, 0.6) is 0 Å². The second-order valence-corrected chi connectivity index (χ2v) is 14.4. The average Bonchev–Trinajstić information content (AvgIpc) is 3.96. The van der Waals surface area contributed by atoms with Crippen LogP contribution < -0.4 is 0 Å². The zero-order chi connectivity index (χ0) is 37.5. The van der Waals surface area contributed by atoms with E-state index >= 15 is 0 Å². The number of benzene rings is 8. The Morgan fingerprint density at radius 1 is 0.351 bits per heavy atom. The Balaban J connectivity index is 1.00. The molecule has 0 aliphatic carbocycles. The number of hydrogen-bond donors (Lipinski definition) is 0. The van der Waals surface area contributed by atoms with Crippen molar-refractivity contribution < 1.29 is 8.83 Å². The summed E-state index contributed by atoms with van der Waals surface area (Å²) in [4.78, 5) is 14.7. The molecule has 0 saturated heterocycles. The van der Waals surface area contributed by atoms with Gasteiger partial charge in [-0.25, -0.2) is 15.0 Å². The maximum Gasteiger partial charge on any atom is 0.178 e. The standard InChI is InChI=1S/C51H30N4O2/c1-4-13-31(14-5-1)36-20-12-22-43-46(36)41-19-10-11-21-42(41)55(43)35-24-26-38-40-28-27-39-37-25-23-34(29-44(37)56-47(39)48(40)57-45(38)30-35)51-53-49(32-15-6-2-7-16-32)52-50(54-51)33-17-8-3-9-18-33/h1-30H. The molecule has 4 heterocycles. The van der Waals surface area contributed by atoms with Crippen LogP contribution in [-0.2, 0) is 0 Å². The molecule has 0 radical (unpaired) electrons. The van der Waals surface area contributed by atoms with Gasteiger partial charge < -0.3 is 13.4 Å². The van der Waals surface area contributed by atoms with E-state index < -0.39 is 0 Å². The Labute approximate surface area is 325 Å². The van der Waals surface area contributed by atoms with E-state index in [1.54, 1.807) is 0 Å². The highest BCUT2D eigenvalue weighted by Gasteiger charge is 2.20. The van der Waals surface area contributed by atoms with Gasteiger partial charge in [-0.15, -0.1) is 0 Å². The first-order valence-corrected chi connectivity index (χ1v) is 19.0. The summed E-state index contributed by atoms with van der Waals surface area (Å²) in [5.74, 6) is 1.81. The van der Waals surface area contributed by atoms with Gasteiger partial charge in [0.1, 0.15) is 11.2 Å². The van der Waals surface area contributed by atoms with Gasteiger partial charge in [-0.2, -0.15) is 0 Å². The molecule has 0 N–H and O–H groups in total. The lowest BCUT2D eigenvalue weighted by Gasteiger charge is -2.09. The Hall–Kier alpha value is -7.83. The lowest BCUT2D eigenvalue weighted by molar-refractivity contribution is 0.633. The first-order chi connectivity index (χ1) is 28.2. The van der Waals surface area contributed by atoms with Gasteiger partial charge in [0.05, 0.1) is 11.0 Å². The first kappa shape index (κ1) is 31.5. The number of para-hydroxylation sites is 1. The SMILES string of the molecule is c1ccc(-c2nc(-c3ccccc3)nc(-c3ccc4c(c3)oc3c4ccc4c5ccc(-n6c7ccccc7c7c(-c8ccccc8)cccc76)cc5oc43)n2)cc1. The molecule has 0 spiro atoms. The zero-order valence-electron chi connectivity index (χ0n) is 30.4. The number of aromatic nitrogens is 4. The summed E-state index contributed by atoms with van der Waals surface area (Å²) in [6.07, 6.45) is 0. The Bertz CT molecular complexity index is 3450. The van der Waals surface area contributed by atoms with Gasteiger partial charge in [0.2, 0.25) is 0 Å². The van der Waals surface area contributed by atoms with E-state index in [1.807, 2.05) is 66.7 Å². The minimum Gasteiger partial charge on any atom is -0.452 e. The summed E-state index contributed by atoms with van der Waals surface area (Å²) in [6, 6.07) is 62.8. The third kappa shape index (κ3) is 4.94. The van der Waals surface area contributed by atoms with Crippen molar-refractivity contribution in [3.05, 3.63) is 182 Å². The molecule has 0 fully saturated rings. The van der Waals surface area contributed by atoms with E-state index in [-0.39, 0.29) is 0 Å². The quantitative estimate of drug-likeness (QED) is 0.176. The van der Waals surface area contributed by atoms with E-state index in [2.05, 4.69) is 120 Å². The summed E-state index contributed by atoms with van der Waals surface area (Å²) < 4.78 is 15.8. The second kappa shape index (κ2) is 12.3. The van der Waals surface area contributed by atoms with Crippen molar-refractivity contribution in [1.82, 2.24) is 19.5 Å². The topological polar surface area (TPSA) is 69.9 Å². The maximum absolute atomic E-state index is 6.76. The molecule has 0 aliphatic rings. The molecule has 0 amide bonds. The predicted molar refractivity (Wildman–Crippen MR) is 230 cm³/mol. The molecule has 12 rings (SSSR count). The minimum absolute atomic E-state index is 0.576. The van der Waals surface area contributed by atoms with Crippen LogP contribution in [0.3, 0.4) is 0 Å². The molecule has 6 nitrogen and oxygen atoms in total. The first-order valence-electron chi connectivity index (χ1n) is 19.0. The normalized spacial score (nSPS) is 11.9. The molecule has 12 aromatic rings. The van der Waals surface area contributed by atoms with E-state index in [9.17, 15) is 0 Å². The van der Waals surface area contributed by atoms with E-state index in [0.29, 0.717) is 23.1 Å². The molecule has 0 unspecified atom stereocenters. The summed E-state index contributed by atoms with van der Waals surface area (Å²) in [6.45, 7) is 0. The smallest absolute Gasteiger partial charge is 0.178 e. The van der Waals surface area contributed by atoms with Crippen LogP contribution in [0.4, 0.5) is 0 Å². The van der Waals surface area contributed by atoms with Gasteiger partial charge in [-0.05, 0) is 59.7 Å². The molecule has 6 heteroatoms. The van der Waals surface area contributed by atoms with Gasteiger partial charge in [-0.3, -0.25) is 0 Å². The molecule has 0 atom stereocenters. The average molecular weight is 731 g/mol. The van der Waals surface area contributed by atoms with Crippen LogP contribution in [0.25, 0.3) is 117 Å². The minimum atomic E-state index is 0.576. The summed E-state index contributed by atoms with van der Waals surface area (Å²) in [7, 11) is 0. The molecule has 8 aromatic carbocycles. The zero-order valence-corrected chi connectivity index (χ0v) is 30.4. The number of nitrogens with zero attached hydrogens (tertiary/aromatic N) is 4. The van der Waals surface area contributed by atoms with Crippen molar-refractivity contribution >= 4 is 65.7 Å². The predicted octanol–water partition coefficient (Wildman–Crippen LogP) is 13.4. The molecule has 4 aromatic heterocycles. The van der Waals surface area contributed by atoms with Crippen molar-refractivity contribution in [2.75, 3.05) is 0 Å². The molecule has 0 bridgehead atoms. The highest BCUT2D eigenvalue weighted by Crippen LogP contribution is 2.42. The maximum atomic E-state index is 6.76. The van der Waals surface area contributed by atoms with Gasteiger partial charge in [-0.1, -0.05) is 127 Å². The van der Waals surface area contributed by atoms with E-state index in [0.717, 1.165) is 71.7 Å². The van der Waals surface area contributed by atoms with Crippen molar-refractivity contribution in [2.45, 2.75) is 0 Å². The second-order valence-electron chi connectivity index (χ2n) is 14.4. The van der Waals surface area contributed by atoms with Crippen LogP contribution in [0.1, 0.15) is 0 Å². The van der Waals surface area contributed by atoms with Crippen LogP contribution in [0, 0.1) is 0 Å². The van der Waals surface area contributed by atoms with Gasteiger partial charge >= 0.3 is 0 Å². The summed E-state index contributed by atoms with van der Waals surface area (Å²) in [5, 5.41) is 6.48. The Morgan fingerprint density at radius 2 is 0.860 bits per heavy atom. The summed E-state index contributed by atoms with van der Waals surface area (Å²) in [5.41, 5.74) is 11.4. The van der Waals surface area contributed by atoms with Gasteiger partial charge in [0.15, 0.2) is 28.6 Å². The molecular formula is C51H30N4O2. The van der Waals surface area contributed by atoms with Crippen molar-refractivity contribution in [2.24, 2.45) is 0 Å². The van der Waals surface area contributed by atoms with E-state index in [1.165, 1.54) is 21.9 Å². The highest BCUT2D eigenvalue weighted by molar-refractivity contribution is 6.20. The van der Waals surface area contributed by atoms with Crippen LogP contribution in [0.15, 0.2) is 191 Å². The van der Waals surface area contributed by atoms with E-state index in [4.69, 9.17) is 23.8 Å². The molecule has 266 valence electrons. The third-order valence-electron chi connectivity index (χ3n) is 11.1. The van der Waals surface area contributed by atoms with Crippen molar-refractivity contribution in [1.29, 1.82) is 0 Å². The fourth-order valence-corrected chi connectivity index (χ4v) is 8.43. The number of hydrogen-bond acceptors (Lipinski definition) is 5. The summed E-state index contributed by atoms with van der Waals surface area (Å²) >= 11 is 0. The number of rotatable bonds is 5. The number of furan rings is 2. The van der Waals surface area contributed by atoms with Crippen LogP contribution in [-0.4, -0.2) is 19.5 Å². The Morgan fingerprint density at radius 3 is 1.51 bits per heavy atom. The third-order valence-corrected chi connectivity index (χ3v) is 11.1. The van der Waals surface area contributed by atoms with Crippen LogP contribution in [0.2, 0.25) is 0 Å². The fourth-order valence-electron chi connectivity index (χ4n) is 8.43. The van der Waals surface area contributed by atoms with Gasteiger partial charge in [0, 0.05) is 60.8 Å². The fraction of sp³-hybridized carbons (Fsp3) is 0. The number of fused-ring (bicyclic) bond motifs is 10.